The van der Waals surface area contributed by atoms with Gasteiger partial charge in [-0.3, -0.25) is 0 Å². The Labute approximate surface area is 131 Å². The molecule has 0 bridgehead atoms. The molecule has 108 valence electrons. The average molecular weight is 366 g/mol. The van der Waals surface area contributed by atoms with Crippen molar-refractivity contribution in [3.63, 3.8) is 0 Å². The largest absolute Gasteiger partial charge is 0.472 e. The molecule has 0 aliphatic heterocycles. The van der Waals surface area contributed by atoms with Crippen molar-refractivity contribution in [3.8, 4) is 11.3 Å². The fourth-order valence-corrected chi connectivity index (χ4v) is 3.99. The molecule has 3 rings (SSSR count). The van der Waals surface area contributed by atoms with Crippen LogP contribution in [0.2, 0.25) is 0 Å². The van der Waals surface area contributed by atoms with Crippen molar-refractivity contribution in [3.05, 3.63) is 65.2 Å². The number of nitrogens with zero attached hydrogens (tertiary/aromatic N) is 1. The molecular weight excluding hydrogens is 354 g/mol. The van der Waals surface area contributed by atoms with Gasteiger partial charge in [0.1, 0.15) is 0 Å². The van der Waals surface area contributed by atoms with Crippen LogP contribution in [0.5, 0.6) is 0 Å². The highest BCUT2D eigenvalue weighted by atomic mass is 79.9. The maximum atomic E-state index is 12.8. The Balaban J connectivity index is 2.18. The van der Waals surface area contributed by atoms with Gasteiger partial charge in [0.25, 0.3) is 10.0 Å². The monoisotopic (exact) mass is 365 g/mol. The van der Waals surface area contributed by atoms with Gasteiger partial charge in [0, 0.05) is 16.2 Å². The Morgan fingerprint density at radius 1 is 1.14 bits per heavy atom. The van der Waals surface area contributed by atoms with E-state index in [-0.39, 0.29) is 4.90 Å². The normalized spacial score (nSPS) is 11.7. The predicted octanol–water partition coefficient (Wildman–Crippen LogP) is 4.06. The van der Waals surface area contributed by atoms with Crippen molar-refractivity contribution in [1.82, 2.24) is 3.97 Å². The molecule has 0 spiro atoms. The van der Waals surface area contributed by atoms with Gasteiger partial charge in [-0.2, -0.15) is 0 Å². The van der Waals surface area contributed by atoms with Crippen molar-refractivity contribution in [2.75, 3.05) is 0 Å². The zero-order valence-corrected chi connectivity index (χ0v) is 13.6. The average Bonchev–Trinajstić information content (AvgIpc) is 3.08. The van der Waals surface area contributed by atoms with Crippen molar-refractivity contribution in [2.45, 2.75) is 11.8 Å². The second kappa shape index (κ2) is 5.20. The Morgan fingerprint density at radius 3 is 2.48 bits per heavy atom. The molecular formula is C15H12BrNO3S. The molecule has 2 heterocycles. The number of rotatable bonds is 3. The highest BCUT2D eigenvalue weighted by Crippen LogP contribution is 2.29. The molecule has 0 unspecified atom stereocenters. The Bertz CT molecular complexity index is 862. The summed E-state index contributed by atoms with van der Waals surface area (Å²) < 4.78 is 32.6. The third kappa shape index (κ3) is 2.56. The molecule has 0 saturated carbocycles. The minimum atomic E-state index is -3.65. The van der Waals surface area contributed by atoms with Crippen LogP contribution in [0.15, 0.2) is 68.9 Å². The van der Waals surface area contributed by atoms with Crippen LogP contribution in [-0.4, -0.2) is 12.4 Å². The molecule has 3 aromatic rings. The summed E-state index contributed by atoms with van der Waals surface area (Å²) in [5.41, 5.74) is 2.27. The third-order valence-corrected chi connectivity index (χ3v) is 5.27. The van der Waals surface area contributed by atoms with E-state index in [0.717, 1.165) is 5.56 Å². The van der Waals surface area contributed by atoms with Crippen LogP contribution in [-0.2, 0) is 10.0 Å². The summed E-state index contributed by atoms with van der Waals surface area (Å²) in [7, 11) is -3.65. The van der Waals surface area contributed by atoms with Crippen molar-refractivity contribution in [1.29, 1.82) is 0 Å². The Morgan fingerprint density at radius 2 is 1.86 bits per heavy atom. The van der Waals surface area contributed by atoms with Crippen LogP contribution in [0.1, 0.15) is 5.56 Å². The van der Waals surface area contributed by atoms with E-state index in [1.54, 1.807) is 36.4 Å². The summed E-state index contributed by atoms with van der Waals surface area (Å²) in [5, 5.41) is 0. The quantitative estimate of drug-likeness (QED) is 0.703. The molecule has 0 fully saturated rings. The van der Waals surface area contributed by atoms with Gasteiger partial charge in [0.2, 0.25) is 0 Å². The lowest BCUT2D eigenvalue weighted by Gasteiger charge is -2.09. The van der Waals surface area contributed by atoms with Crippen LogP contribution in [0.25, 0.3) is 11.3 Å². The van der Waals surface area contributed by atoms with Gasteiger partial charge in [-0.1, -0.05) is 17.7 Å². The van der Waals surface area contributed by atoms with Gasteiger partial charge in [-0.25, -0.2) is 12.4 Å². The molecule has 0 amide bonds. The second-order valence-corrected chi connectivity index (χ2v) is 7.40. The highest BCUT2D eigenvalue weighted by molar-refractivity contribution is 9.10. The van der Waals surface area contributed by atoms with Gasteiger partial charge >= 0.3 is 0 Å². The summed E-state index contributed by atoms with van der Waals surface area (Å²) >= 11 is 3.33. The van der Waals surface area contributed by atoms with Gasteiger partial charge in [-0.15, -0.1) is 0 Å². The maximum Gasteiger partial charge on any atom is 0.268 e. The predicted molar refractivity (Wildman–Crippen MR) is 83.6 cm³/mol. The molecule has 6 heteroatoms. The minimum absolute atomic E-state index is 0.251. The summed E-state index contributed by atoms with van der Waals surface area (Å²) in [6.07, 6.45) is 4.57. The molecule has 0 radical (unpaired) electrons. The van der Waals surface area contributed by atoms with Crippen molar-refractivity contribution < 1.29 is 12.8 Å². The smallest absolute Gasteiger partial charge is 0.268 e. The standard InChI is InChI=1S/C15H12BrNO3S/c1-11-2-4-14(5-3-11)21(18,19)17-9-13(16)8-15(17)12-6-7-20-10-12/h2-10H,1H3. The number of halogens is 1. The molecule has 0 saturated heterocycles. The van der Waals surface area contributed by atoms with Crippen LogP contribution in [0.3, 0.4) is 0 Å². The molecule has 0 aliphatic carbocycles. The van der Waals surface area contributed by atoms with Gasteiger partial charge in [0.15, 0.2) is 0 Å². The van der Waals surface area contributed by atoms with E-state index >= 15 is 0 Å². The summed E-state index contributed by atoms with van der Waals surface area (Å²) in [6, 6.07) is 10.3. The molecule has 0 aliphatic rings. The molecule has 4 nitrogen and oxygen atoms in total. The lowest BCUT2D eigenvalue weighted by Crippen LogP contribution is -2.13. The molecule has 21 heavy (non-hydrogen) atoms. The number of furan rings is 1. The number of benzene rings is 1. The van der Waals surface area contributed by atoms with E-state index in [1.165, 1.54) is 22.7 Å². The molecule has 0 atom stereocenters. The first kappa shape index (κ1) is 14.2. The minimum Gasteiger partial charge on any atom is -0.472 e. The topological polar surface area (TPSA) is 52.2 Å². The molecule has 1 aromatic carbocycles. The van der Waals surface area contributed by atoms with Crippen LogP contribution < -0.4 is 0 Å². The lowest BCUT2D eigenvalue weighted by atomic mass is 10.2. The van der Waals surface area contributed by atoms with Crippen LogP contribution in [0.4, 0.5) is 0 Å². The van der Waals surface area contributed by atoms with E-state index in [2.05, 4.69) is 15.9 Å². The van der Waals surface area contributed by atoms with Crippen molar-refractivity contribution in [2.24, 2.45) is 0 Å². The number of aromatic nitrogens is 1. The van der Waals surface area contributed by atoms with E-state index in [1.807, 2.05) is 6.92 Å². The number of hydrogen-bond acceptors (Lipinski definition) is 3. The first-order valence-electron chi connectivity index (χ1n) is 6.21. The zero-order chi connectivity index (χ0) is 15.0. The highest BCUT2D eigenvalue weighted by Gasteiger charge is 2.21. The Kier molecular flexibility index (Phi) is 3.51. The zero-order valence-electron chi connectivity index (χ0n) is 11.2. The fourth-order valence-electron chi connectivity index (χ4n) is 2.06. The second-order valence-electron chi connectivity index (χ2n) is 4.67. The first-order chi connectivity index (χ1) is 9.98. The van der Waals surface area contributed by atoms with Gasteiger partial charge in [-0.05, 0) is 47.1 Å². The van der Waals surface area contributed by atoms with E-state index < -0.39 is 10.0 Å². The summed E-state index contributed by atoms with van der Waals surface area (Å²) in [6.45, 7) is 1.92. The third-order valence-electron chi connectivity index (χ3n) is 3.15. The molecule has 0 N–H and O–H groups in total. The fraction of sp³-hybridized carbons (Fsp3) is 0.0667. The summed E-state index contributed by atoms with van der Waals surface area (Å²) in [4.78, 5) is 0.251. The number of aryl methyl sites for hydroxylation is 1. The Hall–Kier alpha value is -1.79. The van der Waals surface area contributed by atoms with Crippen molar-refractivity contribution >= 4 is 26.0 Å². The van der Waals surface area contributed by atoms with E-state index in [0.29, 0.717) is 15.7 Å². The first-order valence-corrected chi connectivity index (χ1v) is 8.44. The van der Waals surface area contributed by atoms with Gasteiger partial charge < -0.3 is 4.42 Å². The van der Waals surface area contributed by atoms with E-state index in [4.69, 9.17) is 4.42 Å². The van der Waals surface area contributed by atoms with E-state index in [9.17, 15) is 8.42 Å². The lowest BCUT2D eigenvalue weighted by molar-refractivity contribution is 0.568. The number of hydrogen-bond donors (Lipinski definition) is 0. The SMILES string of the molecule is Cc1ccc(S(=O)(=O)n2cc(Br)cc2-c2ccoc2)cc1. The van der Waals surface area contributed by atoms with Crippen LogP contribution in [0, 0.1) is 6.92 Å². The van der Waals surface area contributed by atoms with Gasteiger partial charge in [0.05, 0.1) is 23.1 Å². The van der Waals surface area contributed by atoms with Crippen LogP contribution >= 0.6 is 15.9 Å². The maximum absolute atomic E-state index is 12.8. The molecule has 2 aromatic heterocycles. The summed E-state index contributed by atoms with van der Waals surface area (Å²) in [5.74, 6) is 0.